The van der Waals surface area contributed by atoms with E-state index in [0.717, 1.165) is 12.1 Å². The van der Waals surface area contributed by atoms with Crippen LogP contribution in [0.5, 0.6) is 0 Å². The van der Waals surface area contributed by atoms with E-state index in [1.54, 1.807) is 6.07 Å². The van der Waals surface area contributed by atoms with E-state index in [1.807, 2.05) is 0 Å². The Balaban J connectivity index is 2.18. The van der Waals surface area contributed by atoms with Crippen LogP contribution in [-0.4, -0.2) is 11.1 Å². The molecule has 1 N–H and O–H groups in total. The fourth-order valence-corrected chi connectivity index (χ4v) is 2.13. The lowest BCUT2D eigenvalue weighted by Gasteiger charge is -2.13. The lowest BCUT2D eigenvalue weighted by atomic mass is 9.92. The van der Waals surface area contributed by atoms with Crippen molar-refractivity contribution in [3.63, 3.8) is 0 Å². The Morgan fingerprint density at radius 1 is 0.952 bits per heavy atom. The monoisotopic (exact) mass is 294 g/mol. The third-order valence-corrected chi connectivity index (χ3v) is 3.24. The van der Waals surface area contributed by atoms with Gasteiger partial charge in [-0.1, -0.05) is 24.3 Å². The molecule has 0 amide bonds. The van der Waals surface area contributed by atoms with Gasteiger partial charge in [0.1, 0.15) is 5.82 Å². The second-order valence-electron chi connectivity index (χ2n) is 4.78. The fraction of sp³-hybridized carbons (Fsp3) is 0.188. The van der Waals surface area contributed by atoms with Crippen LogP contribution >= 0.6 is 0 Å². The first kappa shape index (κ1) is 15.1. The highest BCUT2D eigenvalue weighted by molar-refractivity contribution is 5.70. The fourth-order valence-electron chi connectivity index (χ4n) is 2.13. The van der Waals surface area contributed by atoms with E-state index in [9.17, 15) is 23.1 Å². The first-order valence-electron chi connectivity index (χ1n) is 6.37. The first-order valence-corrected chi connectivity index (χ1v) is 6.37. The van der Waals surface area contributed by atoms with E-state index in [1.165, 1.54) is 24.3 Å². The minimum atomic E-state index is -1.11. The third-order valence-electron chi connectivity index (χ3n) is 3.24. The van der Waals surface area contributed by atoms with Crippen LogP contribution in [-0.2, 0) is 17.6 Å². The minimum absolute atomic E-state index is 0.000861. The Labute approximate surface area is 119 Å². The van der Waals surface area contributed by atoms with Gasteiger partial charge < -0.3 is 5.11 Å². The molecule has 2 nitrogen and oxygen atoms in total. The van der Waals surface area contributed by atoms with E-state index in [4.69, 9.17) is 0 Å². The van der Waals surface area contributed by atoms with Crippen molar-refractivity contribution in [3.8, 4) is 0 Å². The molecule has 0 heterocycles. The number of benzene rings is 2. The van der Waals surface area contributed by atoms with Crippen molar-refractivity contribution in [1.29, 1.82) is 0 Å². The van der Waals surface area contributed by atoms with E-state index in [-0.39, 0.29) is 18.4 Å². The van der Waals surface area contributed by atoms with Crippen LogP contribution in [0.4, 0.5) is 13.2 Å². The number of aliphatic carboxylic acids is 1. The minimum Gasteiger partial charge on any atom is -0.481 e. The average molecular weight is 294 g/mol. The third kappa shape index (κ3) is 3.84. The molecule has 0 saturated carbocycles. The Kier molecular flexibility index (Phi) is 4.62. The lowest BCUT2D eigenvalue weighted by molar-refractivity contribution is -0.141. The number of carboxylic acids is 1. The standard InChI is InChI=1S/C16H13F3O2/c17-13-4-2-1-3-11(13)9-12(16(20)21)7-10-5-6-14(18)15(19)8-10/h1-6,8,12H,7,9H2,(H,20,21). The summed E-state index contributed by atoms with van der Waals surface area (Å²) in [5, 5.41) is 9.22. The molecule has 1 atom stereocenters. The summed E-state index contributed by atoms with van der Waals surface area (Å²) in [4.78, 5) is 11.3. The molecule has 2 aromatic rings. The van der Waals surface area contributed by atoms with E-state index >= 15 is 0 Å². The zero-order valence-corrected chi connectivity index (χ0v) is 11.0. The van der Waals surface area contributed by atoms with Gasteiger partial charge in [0.05, 0.1) is 5.92 Å². The average Bonchev–Trinajstić information content (AvgIpc) is 2.44. The molecule has 0 fully saturated rings. The second kappa shape index (κ2) is 6.43. The molecule has 0 saturated heterocycles. The maximum absolute atomic E-state index is 13.6. The quantitative estimate of drug-likeness (QED) is 0.915. The highest BCUT2D eigenvalue weighted by atomic mass is 19.2. The van der Waals surface area contributed by atoms with Crippen LogP contribution in [0.1, 0.15) is 11.1 Å². The van der Waals surface area contributed by atoms with Crippen molar-refractivity contribution in [1.82, 2.24) is 0 Å². The summed E-state index contributed by atoms with van der Waals surface area (Å²) in [6, 6.07) is 9.15. The van der Waals surface area contributed by atoms with Gasteiger partial charge in [0, 0.05) is 0 Å². The summed E-state index contributed by atoms with van der Waals surface area (Å²) < 4.78 is 39.6. The van der Waals surface area contributed by atoms with E-state index in [0.29, 0.717) is 5.56 Å². The second-order valence-corrected chi connectivity index (χ2v) is 4.78. The zero-order valence-electron chi connectivity index (χ0n) is 11.0. The van der Waals surface area contributed by atoms with Crippen molar-refractivity contribution in [3.05, 3.63) is 71.0 Å². The zero-order chi connectivity index (χ0) is 15.4. The molecular weight excluding hydrogens is 281 g/mol. The molecule has 0 radical (unpaired) electrons. The van der Waals surface area contributed by atoms with Crippen molar-refractivity contribution in [2.75, 3.05) is 0 Å². The van der Waals surface area contributed by atoms with Gasteiger partial charge in [-0.25, -0.2) is 13.2 Å². The van der Waals surface area contributed by atoms with Crippen molar-refractivity contribution < 1.29 is 23.1 Å². The summed E-state index contributed by atoms with van der Waals surface area (Å²) in [5.41, 5.74) is 0.644. The van der Waals surface area contributed by atoms with Gasteiger partial charge in [0.25, 0.3) is 0 Å². The normalized spacial score (nSPS) is 12.1. The van der Waals surface area contributed by atoms with E-state index < -0.39 is 29.3 Å². The Bertz CT molecular complexity index is 656. The largest absolute Gasteiger partial charge is 0.481 e. The smallest absolute Gasteiger partial charge is 0.307 e. The lowest BCUT2D eigenvalue weighted by Crippen LogP contribution is -2.20. The topological polar surface area (TPSA) is 37.3 Å². The van der Waals surface area contributed by atoms with Gasteiger partial charge >= 0.3 is 5.97 Å². The summed E-state index contributed by atoms with van der Waals surface area (Å²) in [5.74, 6) is -4.51. The molecule has 0 spiro atoms. The number of halogens is 3. The van der Waals surface area contributed by atoms with Crippen molar-refractivity contribution >= 4 is 5.97 Å². The molecule has 2 aromatic carbocycles. The number of hydrogen-bond acceptors (Lipinski definition) is 1. The molecule has 110 valence electrons. The SMILES string of the molecule is O=C(O)C(Cc1ccc(F)c(F)c1)Cc1ccccc1F. The number of carbonyl (C=O) groups is 1. The van der Waals surface area contributed by atoms with Crippen molar-refractivity contribution in [2.24, 2.45) is 5.92 Å². The molecule has 21 heavy (non-hydrogen) atoms. The predicted octanol–water partition coefficient (Wildman–Crippen LogP) is 3.59. The molecule has 1 unspecified atom stereocenters. The summed E-state index contributed by atoms with van der Waals surface area (Å²) in [7, 11) is 0. The molecule has 2 rings (SSSR count). The molecule has 0 bridgehead atoms. The number of rotatable bonds is 5. The number of carboxylic acid groups (broad SMARTS) is 1. The first-order chi connectivity index (χ1) is 9.97. The molecule has 0 aliphatic carbocycles. The van der Waals surface area contributed by atoms with Gasteiger partial charge in [-0.3, -0.25) is 4.79 Å². The van der Waals surface area contributed by atoms with Crippen LogP contribution in [0, 0.1) is 23.4 Å². The highest BCUT2D eigenvalue weighted by Gasteiger charge is 2.20. The Morgan fingerprint density at radius 2 is 1.67 bits per heavy atom. The maximum atomic E-state index is 13.6. The molecular formula is C16H13F3O2. The summed E-state index contributed by atoms with van der Waals surface area (Å²) in [6.07, 6.45) is -0.0120. The van der Waals surface area contributed by atoms with E-state index in [2.05, 4.69) is 0 Å². The molecule has 5 heteroatoms. The molecule has 0 aliphatic heterocycles. The van der Waals surface area contributed by atoms with Crippen LogP contribution in [0.2, 0.25) is 0 Å². The van der Waals surface area contributed by atoms with Gasteiger partial charge in [0.2, 0.25) is 0 Å². The van der Waals surface area contributed by atoms with Crippen LogP contribution in [0.3, 0.4) is 0 Å². The van der Waals surface area contributed by atoms with Crippen molar-refractivity contribution in [2.45, 2.75) is 12.8 Å². The molecule has 0 aromatic heterocycles. The number of hydrogen-bond donors (Lipinski definition) is 1. The Morgan fingerprint density at radius 3 is 2.29 bits per heavy atom. The molecule has 0 aliphatic rings. The predicted molar refractivity (Wildman–Crippen MR) is 71.3 cm³/mol. The van der Waals surface area contributed by atoms with Gasteiger partial charge in [0.15, 0.2) is 11.6 Å². The van der Waals surface area contributed by atoms with Gasteiger partial charge in [-0.05, 0) is 42.2 Å². The van der Waals surface area contributed by atoms with Crippen LogP contribution in [0.15, 0.2) is 42.5 Å². The summed E-state index contributed by atoms with van der Waals surface area (Å²) >= 11 is 0. The summed E-state index contributed by atoms with van der Waals surface area (Å²) in [6.45, 7) is 0. The Hall–Kier alpha value is -2.30. The van der Waals surface area contributed by atoms with Gasteiger partial charge in [-0.2, -0.15) is 0 Å². The van der Waals surface area contributed by atoms with Gasteiger partial charge in [-0.15, -0.1) is 0 Å². The highest BCUT2D eigenvalue weighted by Crippen LogP contribution is 2.19. The maximum Gasteiger partial charge on any atom is 0.307 e. The van der Waals surface area contributed by atoms with Crippen LogP contribution < -0.4 is 0 Å². The van der Waals surface area contributed by atoms with Crippen LogP contribution in [0.25, 0.3) is 0 Å².